The summed E-state index contributed by atoms with van der Waals surface area (Å²) in [6.07, 6.45) is 3.04. The van der Waals surface area contributed by atoms with Crippen LogP contribution in [0.3, 0.4) is 0 Å². The van der Waals surface area contributed by atoms with Crippen molar-refractivity contribution in [3.8, 4) is 0 Å². The zero-order valence-electron chi connectivity index (χ0n) is 9.51. The molecule has 1 aliphatic heterocycles. The van der Waals surface area contributed by atoms with Crippen LogP contribution in [0.25, 0.3) is 0 Å². The molecule has 86 valence electrons. The van der Waals surface area contributed by atoms with Crippen LogP contribution in [0.15, 0.2) is 0 Å². The fraction of sp³-hybridized carbons (Fsp3) is 0.909. The second kappa shape index (κ2) is 3.46. The van der Waals surface area contributed by atoms with Crippen LogP contribution in [0.1, 0.15) is 33.1 Å². The summed E-state index contributed by atoms with van der Waals surface area (Å²) in [7, 11) is 0. The van der Waals surface area contributed by atoms with Gasteiger partial charge in [0, 0.05) is 12.1 Å². The van der Waals surface area contributed by atoms with E-state index >= 15 is 0 Å². The van der Waals surface area contributed by atoms with Gasteiger partial charge in [0.15, 0.2) is 0 Å². The summed E-state index contributed by atoms with van der Waals surface area (Å²) in [5.74, 6) is 0.560. The Kier molecular flexibility index (Phi) is 2.51. The fourth-order valence-corrected chi connectivity index (χ4v) is 2.08. The zero-order chi connectivity index (χ0) is 11.1. The Morgan fingerprint density at radius 2 is 2.20 bits per heavy atom. The second-order valence-corrected chi connectivity index (χ2v) is 5.41. The molecular weight excluding hydrogens is 192 g/mol. The molecule has 1 amide bonds. The maximum atomic E-state index is 12.0. The highest BCUT2D eigenvalue weighted by atomic mass is 16.5. The largest absolute Gasteiger partial charge is 0.379 e. The molecule has 2 fully saturated rings. The average Bonchev–Trinajstić information content (AvgIpc) is 2.90. The van der Waals surface area contributed by atoms with Gasteiger partial charge in [-0.1, -0.05) is 0 Å². The number of carbonyl (C=O) groups is 1. The molecule has 15 heavy (non-hydrogen) atoms. The minimum absolute atomic E-state index is 0.0584. The molecule has 0 aromatic heterocycles. The van der Waals surface area contributed by atoms with E-state index in [0.29, 0.717) is 25.6 Å². The lowest BCUT2D eigenvalue weighted by molar-refractivity contribution is -0.128. The third kappa shape index (κ3) is 2.16. The standard InChI is InChI=1S/C11H20N2O2/c1-10(2,8-3-4-8)13-9(14)11(12)5-6-15-7-11/h8H,3-7,12H2,1-2H3,(H,13,14). The fourth-order valence-electron chi connectivity index (χ4n) is 2.08. The van der Waals surface area contributed by atoms with Gasteiger partial charge in [-0.25, -0.2) is 0 Å². The third-order valence-electron chi connectivity index (χ3n) is 3.54. The molecule has 0 bridgehead atoms. The van der Waals surface area contributed by atoms with Gasteiger partial charge >= 0.3 is 0 Å². The molecule has 0 aromatic carbocycles. The first-order valence-electron chi connectivity index (χ1n) is 5.63. The quantitative estimate of drug-likeness (QED) is 0.712. The molecule has 3 N–H and O–H groups in total. The molecule has 0 radical (unpaired) electrons. The van der Waals surface area contributed by atoms with Crippen LogP contribution >= 0.6 is 0 Å². The topological polar surface area (TPSA) is 64.4 Å². The van der Waals surface area contributed by atoms with Crippen molar-refractivity contribution >= 4 is 5.91 Å². The maximum Gasteiger partial charge on any atom is 0.242 e. The van der Waals surface area contributed by atoms with E-state index in [1.807, 2.05) is 0 Å². The number of carbonyl (C=O) groups excluding carboxylic acids is 1. The number of rotatable bonds is 3. The first-order chi connectivity index (χ1) is 6.94. The molecule has 1 saturated heterocycles. The van der Waals surface area contributed by atoms with Crippen LogP contribution in [-0.4, -0.2) is 30.2 Å². The Morgan fingerprint density at radius 3 is 2.67 bits per heavy atom. The summed E-state index contributed by atoms with van der Waals surface area (Å²) in [4.78, 5) is 12.0. The third-order valence-corrected chi connectivity index (χ3v) is 3.54. The summed E-state index contributed by atoms with van der Waals surface area (Å²) < 4.78 is 5.19. The Bertz CT molecular complexity index is 266. The van der Waals surface area contributed by atoms with E-state index in [0.717, 1.165) is 0 Å². The monoisotopic (exact) mass is 212 g/mol. The van der Waals surface area contributed by atoms with Crippen LogP contribution in [0.2, 0.25) is 0 Å². The van der Waals surface area contributed by atoms with Gasteiger partial charge in [0.05, 0.1) is 6.61 Å². The number of nitrogens with one attached hydrogen (secondary N) is 1. The van der Waals surface area contributed by atoms with Crippen LogP contribution in [0.4, 0.5) is 0 Å². The van der Waals surface area contributed by atoms with E-state index in [1.54, 1.807) is 0 Å². The molecule has 1 heterocycles. The van der Waals surface area contributed by atoms with Crippen molar-refractivity contribution < 1.29 is 9.53 Å². The van der Waals surface area contributed by atoms with Gasteiger partial charge in [-0.2, -0.15) is 0 Å². The summed E-state index contributed by atoms with van der Waals surface area (Å²) in [6.45, 7) is 5.08. The minimum Gasteiger partial charge on any atom is -0.379 e. The second-order valence-electron chi connectivity index (χ2n) is 5.41. The minimum atomic E-state index is -0.799. The molecule has 0 spiro atoms. The van der Waals surface area contributed by atoms with Crippen molar-refractivity contribution in [3.63, 3.8) is 0 Å². The highest BCUT2D eigenvalue weighted by Gasteiger charge is 2.44. The molecule has 1 unspecified atom stereocenters. The Labute approximate surface area is 90.5 Å². The number of nitrogens with two attached hydrogens (primary N) is 1. The highest BCUT2D eigenvalue weighted by molar-refractivity contribution is 5.87. The summed E-state index contributed by atoms with van der Waals surface area (Å²) in [6, 6.07) is 0. The molecule has 2 rings (SSSR count). The van der Waals surface area contributed by atoms with Gasteiger partial charge in [0.25, 0.3) is 0 Å². The molecule has 1 aliphatic carbocycles. The molecule has 4 heteroatoms. The predicted molar refractivity (Wildman–Crippen MR) is 57.3 cm³/mol. The lowest BCUT2D eigenvalue weighted by atomic mass is 9.93. The Morgan fingerprint density at radius 1 is 1.53 bits per heavy atom. The van der Waals surface area contributed by atoms with E-state index in [-0.39, 0.29) is 11.4 Å². The molecule has 2 aliphatic rings. The van der Waals surface area contributed by atoms with Gasteiger partial charge in [-0.3, -0.25) is 4.79 Å². The molecular formula is C11H20N2O2. The van der Waals surface area contributed by atoms with Crippen molar-refractivity contribution in [1.29, 1.82) is 0 Å². The van der Waals surface area contributed by atoms with Crippen molar-refractivity contribution in [3.05, 3.63) is 0 Å². The van der Waals surface area contributed by atoms with Crippen LogP contribution < -0.4 is 11.1 Å². The maximum absolute atomic E-state index is 12.0. The van der Waals surface area contributed by atoms with Crippen molar-refractivity contribution in [2.45, 2.75) is 44.2 Å². The van der Waals surface area contributed by atoms with Crippen molar-refractivity contribution in [2.75, 3.05) is 13.2 Å². The Hall–Kier alpha value is -0.610. The number of ether oxygens (including phenoxy) is 1. The zero-order valence-corrected chi connectivity index (χ0v) is 9.51. The van der Waals surface area contributed by atoms with E-state index < -0.39 is 5.54 Å². The van der Waals surface area contributed by atoms with Crippen LogP contribution in [-0.2, 0) is 9.53 Å². The molecule has 4 nitrogen and oxygen atoms in total. The van der Waals surface area contributed by atoms with Gasteiger partial charge in [-0.15, -0.1) is 0 Å². The SMILES string of the molecule is CC(C)(NC(=O)C1(N)CCOC1)C1CC1. The summed E-state index contributed by atoms with van der Waals surface area (Å²) in [5.41, 5.74) is 5.07. The van der Waals surface area contributed by atoms with Crippen LogP contribution in [0, 0.1) is 5.92 Å². The van der Waals surface area contributed by atoms with E-state index in [9.17, 15) is 4.79 Å². The van der Waals surface area contributed by atoms with Gasteiger partial charge in [0.1, 0.15) is 5.54 Å². The molecule has 1 saturated carbocycles. The van der Waals surface area contributed by atoms with Gasteiger partial charge < -0.3 is 15.8 Å². The first kappa shape index (κ1) is 10.9. The molecule has 0 aromatic rings. The van der Waals surface area contributed by atoms with E-state index in [2.05, 4.69) is 19.2 Å². The van der Waals surface area contributed by atoms with Crippen LogP contribution in [0.5, 0.6) is 0 Å². The number of hydrogen-bond donors (Lipinski definition) is 2. The Balaban J connectivity index is 1.96. The summed E-state index contributed by atoms with van der Waals surface area (Å²) >= 11 is 0. The first-order valence-corrected chi connectivity index (χ1v) is 5.63. The summed E-state index contributed by atoms with van der Waals surface area (Å²) in [5, 5.41) is 3.06. The number of amides is 1. The molecule has 1 atom stereocenters. The highest BCUT2D eigenvalue weighted by Crippen LogP contribution is 2.39. The van der Waals surface area contributed by atoms with Gasteiger partial charge in [0.2, 0.25) is 5.91 Å². The lowest BCUT2D eigenvalue weighted by Gasteiger charge is -2.31. The predicted octanol–water partition coefficient (Wildman–Crippen LogP) is 0.409. The van der Waals surface area contributed by atoms with E-state index in [1.165, 1.54) is 12.8 Å². The van der Waals surface area contributed by atoms with E-state index in [4.69, 9.17) is 10.5 Å². The van der Waals surface area contributed by atoms with Crippen molar-refractivity contribution in [1.82, 2.24) is 5.32 Å². The van der Waals surface area contributed by atoms with Crippen molar-refractivity contribution in [2.24, 2.45) is 11.7 Å². The normalized spacial score (nSPS) is 31.7. The smallest absolute Gasteiger partial charge is 0.242 e. The lowest BCUT2D eigenvalue weighted by Crippen LogP contribution is -2.59. The average molecular weight is 212 g/mol. The number of hydrogen-bond acceptors (Lipinski definition) is 3. The van der Waals surface area contributed by atoms with Gasteiger partial charge in [-0.05, 0) is 39.0 Å².